The van der Waals surface area contributed by atoms with Gasteiger partial charge >= 0.3 is 17.9 Å². The van der Waals surface area contributed by atoms with Crippen molar-refractivity contribution in [1.29, 1.82) is 0 Å². The van der Waals surface area contributed by atoms with Crippen LogP contribution in [-0.2, 0) is 28.6 Å². The van der Waals surface area contributed by atoms with E-state index in [0.29, 0.717) is 19.3 Å². The van der Waals surface area contributed by atoms with Crippen LogP contribution in [0.25, 0.3) is 0 Å². The van der Waals surface area contributed by atoms with Crippen molar-refractivity contribution in [2.45, 2.75) is 316 Å². The molecular weight excluding hydrogens is 865 g/mol. The zero-order valence-electron chi connectivity index (χ0n) is 46.5. The first-order chi connectivity index (χ1) is 34.5. The summed E-state index contributed by atoms with van der Waals surface area (Å²) < 4.78 is 16.9. The van der Waals surface area contributed by atoms with Crippen molar-refractivity contribution in [1.82, 2.24) is 0 Å². The van der Waals surface area contributed by atoms with Crippen LogP contribution in [0.15, 0.2) is 60.8 Å². The van der Waals surface area contributed by atoms with Gasteiger partial charge in [0.2, 0.25) is 0 Å². The van der Waals surface area contributed by atoms with E-state index >= 15 is 0 Å². The van der Waals surface area contributed by atoms with Crippen molar-refractivity contribution in [2.24, 2.45) is 0 Å². The summed E-state index contributed by atoms with van der Waals surface area (Å²) in [4.78, 5) is 38.2. The smallest absolute Gasteiger partial charge is 0.306 e. The first kappa shape index (κ1) is 67.1. The molecule has 0 saturated heterocycles. The highest BCUT2D eigenvalue weighted by Crippen LogP contribution is 2.16. The lowest BCUT2D eigenvalue weighted by Crippen LogP contribution is -2.30. The van der Waals surface area contributed by atoms with Gasteiger partial charge in [-0.25, -0.2) is 0 Å². The number of ether oxygens (including phenoxy) is 3. The van der Waals surface area contributed by atoms with E-state index < -0.39 is 6.10 Å². The van der Waals surface area contributed by atoms with Gasteiger partial charge in [-0.1, -0.05) is 268 Å². The second-order valence-electron chi connectivity index (χ2n) is 20.3. The van der Waals surface area contributed by atoms with Gasteiger partial charge < -0.3 is 14.2 Å². The third-order valence-corrected chi connectivity index (χ3v) is 13.2. The topological polar surface area (TPSA) is 78.9 Å². The van der Waals surface area contributed by atoms with Gasteiger partial charge in [0.05, 0.1) is 0 Å². The van der Waals surface area contributed by atoms with Crippen molar-refractivity contribution >= 4 is 17.9 Å². The molecule has 0 aromatic carbocycles. The predicted octanol–water partition coefficient (Wildman–Crippen LogP) is 20.4. The van der Waals surface area contributed by atoms with Gasteiger partial charge in [0.25, 0.3) is 0 Å². The summed E-state index contributed by atoms with van der Waals surface area (Å²) in [5.41, 5.74) is 0. The first-order valence-corrected chi connectivity index (χ1v) is 30.3. The van der Waals surface area contributed by atoms with Gasteiger partial charge in [-0.15, -0.1) is 0 Å². The summed E-state index contributed by atoms with van der Waals surface area (Å²) in [7, 11) is 0. The van der Waals surface area contributed by atoms with Crippen molar-refractivity contribution in [3.63, 3.8) is 0 Å². The molecule has 0 aliphatic heterocycles. The molecular formula is C64H114O6. The molecule has 0 aromatic heterocycles. The van der Waals surface area contributed by atoms with E-state index in [2.05, 4.69) is 81.5 Å². The number of hydrogen-bond donors (Lipinski definition) is 0. The molecule has 0 bridgehead atoms. The molecule has 6 heteroatoms. The minimum absolute atomic E-state index is 0.0802. The van der Waals surface area contributed by atoms with Crippen LogP contribution in [0.4, 0.5) is 0 Å². The highest BCUT2D eigenvalue weighted by molar-refractivity contribution is 5.71. The third kappa shape index (κ3) is 56.0. The summed E-state index contributed by atoms with van der Waals surface area (Å²) >= 11 is 0. The fraction of sp³-hybridized carbons (Fsp3) is 0.797. The second-order valence-corrected chi connectivity index (χ2v) is 20.3. The number of carbonyl (C=O) groups excluding carboxylic acids is 3. The molecule has 0 N–H and O–H groups in total. The van der Waals surface area contributed by atoms with E-state index in [9.17, 15) is 14.4 Å². The standard InChI is InChI=1S/C64H114O6/c1-4-7-10-13-16-19-22-25-28-29-30-31-32-33-34-35-37-39-42-45-48-51-54-57-63(66)69-60-61(59-68-62(65)56-53-50-47-44-41-38-27-24-21-18-15-12-9-6-3)70-64(67)58-55-52-49-46-43-40-36-26-23-20-17-14-11-8-5-2/h15,18,22,24-25,27,29-30,32-33,61H,4-14,16-17,19-21,23,26,28,31,34-60H2,1-3H3/b18-15-,25-22-,27-24-,30-29-,33-32-. The van der Waals surface area contributed by atoms with E-state index in [4.69, 9.17) is 14.2 Å². The lowest BCUT2D eigenvalue weighted by atomic mass is 10.0. The van der Waals surface area contributed by atoms with Gasteiger partial charge in [-0.2, -0.15) is 0 Å². The Morgan fingerprint density at radius 1 is 0.286 bits per heavy atom. The van der Waals surface area contributed by atoms with Gasteiger partial charge in [-0.05, 0) is 83.5 Å². The van der Waals surface area contributed by atoms with E-state index in [0.717, 1.165) is 96.3 Å². The van der Waals surface area contributed by atoms with Crippen LogP contribution < -0.4 is 0 Å². The maximum Gasteiger partial charge on any atom is 0.306 e. The van der Waals surface area contributed by atoms with E-state index in [-0.39, 0.29) is 31.1 Å². The molecule has 6 nitrogen and oxygen atoms in total. The Labute approximate surface area is 434 Å². The van der Waals surface area contributed by atoms with Crippen LogP contribution in [0.1, 0.15) is 310 Å². The van der Waals surface area contributed by atoms with Crippen LogP contribution in [0, 0.1) is 0 Å². The molecule has 0 aliphatic rings. The van der Waals surface area contributed by atoms with E-state index in [1.165, 1.54) is 173 Å². The molecule has 0 rings (SSSR count). The number of allylic oxidation sites excluding steroid dienone is 10. The quantitative estimate of drug-likeness (QED) is 0.0261. The zero-order valence-corrected chi connectivity index (χ0v) is 46.5. The molecule has 0 aromatic rings. The maximum absolute atomic E-state index is 12.9. The highest BCUT2D eigenvalue weighted by Gasteiger charge is 2.19. The Balaban J connectivity index is 4.34. The number of unbranched alkanes of at least 4 members (excludes halogenated alkanes) is 34. The number of esters is 3. The van der Waals surface area contributed by atoms with Gasteiger partial charge in [0, 0.05) is 19.3 Å². The Bertz CT molecular complexity index is 1260. The Hall–Kier alpha value is -2.89. The lowest BCUT2D eigenvalue weighted by molar-refractivity contribution is -0.167. The summed E-state index contributed by atoms with van der Waals surface area (Å²) in [5.74, 6) is -0.886. The lowest BCUT2D eigenvalue weighted by Gasteiger charge is -2.18. The van der Waals surface area contributed by atoms with Gasteiger partial charge in [0.1, 0.15) is 13.2 Å². The minimum atomic E-state index is -0.781. The normalized spacial score (nSPS) is 12.4. The molecule has 406 valence electrons. The van der Waals surface area contributed by atoms with Crippen molar-refractivity contribution in [3.8, 4) is 0 Å². The molecule has 0 heterocycles. The number of carbonyl (C=O) groups is 3. The average molecular weight is 980 g/mol. The zero-order chi connectivity index (χ0) is 50.7. The Kier molecular flexibility index (Phi) is 56.3. The molecule has 1 atom stereocenters. The molecule has 0 spiro atoms. The van der Waals surface area contributed by atoms with Crippen LogP contribution in [0.3, 0.4) is 0 Å². The average Bonchev–Trinajstić information content (AvgIpc) is 3.36. The molecule has 70 heavy (non-hydrogen) atoms. The first-order valence-electron chi connectivity index (χ1n) is 30.3. The van der Waals surface area contributed by atoms with Crippen LogP contribution >= 0.6 is 0 Å². The van der Waals surface area contributed by atoms with Crippen molar-refractivity contribution in [2.75, 3.05) is 13.2 Å². The minimum Gasteiger partial charge on any atom is -0.462 e. The second kappa shape index (κ2) is 58.7. The SMILES string of the molecule is CCCC/C=C\C/C=C\CCCCCCCC(=O)OCC(COC(=O)CCCCCCCCCC/C=C\C/C=C\C/C=C\CCCCCCC)OC(=O)CCCCCCCCCCCCCCCCC. The van der Waals surface area contributed by atoms with Crippen LogP contribution in [0.5, 0.6) is 0 Å². The molecule has 0 fully saturated rings. The summed E-state index contributed by atoms with van der Waals surface area (Å²) in [6.07, 6.45) is 73.5. The Morgan fingerprint density at radius 2 is 0.529 bits per heavy atom. The van der Waals surface area contributed by atoms with E-state index in [1.54, 1.807) is 0 Å². The van der Waals surface area contributed by atoms with Crippen LogP contribution in [0.2, 0.25) is 0 Å². The summed E-state index contributed by atoms with van der Waals surface area (Å²) in [6, 6.07) is 0. The molecule has 0 saturated carbocycles. The largest absolute Gasteiger partial charge is 0.462 e. The molecule has 0 amide bonds. The summed E-state index contributed by atoms with van der Waals surface area (Å²) in [6.45, 7) is 6.60. The maximum atomic E-state index is 12.9. The predicted molar refractivity (Wildman–Crippen MR) is 302 cm³/mol. The fourth-order valence-corrected chi connectivity index (χ4v) is 8.64. The monoisotopic (exact) mass is 979 g/mol. The van der Waals surface area contributed by atoms with Crippen molar-refractivity contribution < 1.29 is 28.6 Å². The molecule has 0 radical (unpaired) electrons. The van der Waals surface area contributed by atoms with Gasteiger partial charge in [0.15, 0.2) is 6.10 Å². The summed E-state index contributed by atoms with van der Waals surface area (Å²) in [5, 5.41) is 0. The molecule has 1 unspecified atom stereocenters. The van der Waals surface area contributed by atoms with Gasteiger partial charge in [-0.3, -0.25) is 14.4 Å². The molecule has 0 aliphatic carbocycles. The highest BCUT2D eigenvalue weighted by atomic mass is 16.6. The number of hydrogen-bond acceptors (Lipinski definition) is 6. The fourth-order valence-electron chi connectivity index (χ4n) is 8.64. The number of rotatable bonds is 55. The Morgan fingerprint density at radius 3 is 0.843 bits per heavy atom. The van der Waals surface area contributed by atoms with Crippen molar-refractivity contribution in [3.05, 3.63) is 60.8 Å². The third-order valence-electron chi connectivity index (χ3n) is 13.2. The van der Waals surface area contributed by atoms with Crippen LogP contribution in [-0.4, -0.2) is 37.2 Å². The van der Waals surface area contributed by atoms with E-state index in [1.807, 2.05) is 0 Å².